The Morgan fingerprint density at radius 2 is 1.80 bits per heavy atom. The zero-order valence-corrected chi connectivity index (χ0v) is 10.2. The molecule has 1 atom stereocenters. The minimum Gasteiger partial charge on any atom is -0.478 e. The Labute approximate surface area is 113 Å². The van der Waals surface area contributed by atoms with Crippen molar-refractivity contribution in [3.63, 3.8) is 0 Å². The second kappa shape index (κ2) is 4.53. The molecule has 1 fully saturated rings. The summed E-state index contributed by atoms with van der Waals surface area (Å²) in [4.78, 5) is 10.9. The molecule has 3 nitrogen and oxygen atoms in total. The third-order valence-electron chi connectivity index (χ3n) is 3.34. The van der Waals surface area contributed by atoms with Gasteiger partial charge in [-0.3, -0.25) is 0 Å². The van der Waals surface area contributed by atoms with E-state index >= 15 is 0 Å². The number of hydrogen-bond acceptors (Lipinski definition) is 2. The summed E-state index contributed by atoms with van der Waals surface area (Å²) in [7, 11) is 0. The van der Waals surface area contributed by atoms with Crippen LogP contribution in [0, 0.1) is 18.3 Å². The number of benzene rings is 1. The van der Waals surface area contributed by atoms with Crippen LogP contribution in [0.15, 0.2) is 18.2 Å². The lowest BCUT2D eigenvalue weighted by molar-refractivity contribution is -0.137. The van der Waals surface area contributed by atoms with Crippen LogP contribution in [0.4, 0.5) is 13.2 Å². The van der Waals surface area contributed by atoms with Crippen LogP contribution in [0.5, 0.6) is 0 Å². The highest BCUT2D eigenvalue weighted by Gasteiger charge is 2.45. The third kappa shape index (κ3) is 2.49. The van der Waals surface area contributed by atoms with Gasteiger partial charge in [-0.05, 0) is 36.6 Å². The van der Waals surface area contributed by atoms with Crippen molar-refractivity contribution in [3.05, 3.63) is 34.9 Å². The Morgan fingerprint density at radius 3 is 2.20 bits per heavy atom. The second-order valence-corrected chi connectivity index (χ2v) is 4.79. The van der Waals surface area contributed by atoms with E-state index in [0.29, 0.717) is 25.0 Å². The van der Waals surface area contributed by atoms with E-state index in [-0.39, 0.29) is 11.5 Å². The van der Waals surface area contributed by atoms with Crippen LogP contribution in [0.3, 0.4) is 0 Å². The minimum atomic E-state index is -4.71. The van der Waals surface area contributed by atoms with Gasteiger partial charge in [0.25, 0.3) is 0 Å². The Morgan fingerprint density at radius 1 is 1.25 bits per heavy atom. The maximum absolute atomic E-state index is 12.8. The van der Waals surface area contributed by atoms with Crippen molar-refractivity contribution in [2.24, 2.45) is 5.92 Å². The Bertz CT molecular complexity index is 597. The van der Waals surface area contributed by atoms with Gasteiger partial charge in [-0.1, -0.05) is 5.92 Å². The second-order valence-electron chi connectivity index (χ2n) is 4.79. The van der Waals surface area contributed by atoms with Gasteiger partial charge in [-0.15, -0.1) is 6.42 Å². The van der Waals surface area contributed by atoms with Gasteiger partial charge in [-0.25, -0.2) is 4.79 Å². The molecule has 0 aliphatic heterocycles. The molecule has 1 aromatic rings. The lowest BCUT2D eigenvalue weighted by Gasteiger charge is -2.24. The van der Waals surface area contributed by atoms with Crippen LogP contribution < -0.4 is 0 Å². The number of alkyl halides is 3. The van der Waals surface area contributed by atoms with Crippen molar-refractivity contribution < 1.29 is 28.2 Å². The monoisotopic (exact) mass is 284 g/mol. The molecule has 6 heteroatoms. The van der Waals surface area contributed by atoms with E-state index in [4.69, 9.17) is 11.5 Å². The van der Waals surface area contributed by atoms with Gasteiger partial charge in [0, 0.05) is 5.92 Å². The lowest BCUT2D eigenvalue weighted by Crippen LogP contribution is -2.27. The van der Waals surface area contributed by atoms with Gasteiger partial charge >= 0.3 is 12.1 Å². The van der Waals surface area contributed by atoms with Crippen LogP contribution in [0.2, 0.25) is 0 Å². The van der Waals surface area contributed by atoms with E-state index in [1.165, 1.54) is 0 Å². The first-order valence-electron chi connectivity index (χ1n) is 5.84. The predicted octanol–water partition coefficient (Wildman–Crippen LogP) is 2.63. The number of halogens is 3. The molecule has 1 unspecified atom stereocenters. The molecule has 20 heavy (non-hydrogen) atoms. The number of carboxylic acid groups (broad SMARTS) is 1. The number of carbonyl (C=O) groups is 1. The van der Waals surface area contributed by atoms with Crippen molar-refractivity contribution >= 4 is 5.97 Å². The summed E-state index contributed by atoms with van der Waals surface area (Å²) in [5, 5.41) is 19.2. The first-order chi connectivity index (χ1) is 9.18. The topological polar surface area (TPSA) is 57.5 Å². The quantitative estimate of drug-likeness (QED) is 0.839. The van der Waals surface area contributed by atoms with Crippen molar-refractivity contribution in [2.75, 3.05) is 0 Å². The van der Waals surface area contributed by atoms with Crippen molar-refractivity contribution in [2.45, 2.75) is 24.6 Å². The van der Waals surface area contributed by atoms with Gasteiger partial charge in [-0.2, -0.15) is 13.2 Å². The third-order valence-corrected chi connectivity index (χ3v) is 3.34. The molecular formula is C14H11F3O3. The molecule has 106 valence electrons. The summed E-state index contributed by atoms with van der Waals surface area (Å²) in [6.45, 7) is 0. The van der Waals surface area contributed by atoms with Crippen LogP contribution >= 0.6 is 0 Å². The summed E-state index contributed by atoms with van der Waals surface area (Å²) < 4.78 is 38.4. The number of terminal acetylenes is 1. The molecular weight excluding hydrogens is 273 g/mol. The molecule has 1 aliphatic rings. The molecule has 0 bridgehead atoms. The van der Waals surface area contributed by atoms with Gasteiger partial charge in [0.2, 0.25) is 0 Å². The zero-order chi connectivity index (χ0) is 15.1. The molecule has 0 radical (unpaired) electrons. The highest BCUT2D eigenvalue weighted by Crippen LogP contribution is 2.46. The molecule has 1 saturated carbocycles. The van der Waals surface area contributed by atoms with E-state index in [9.17, 15) is 23.1 Å². The Hall–Kier alpha value is -2.00. The van der Waals surface area contributed by atoms with Crippen molar-refractivity contribution in [1.82, 2.24) is 0 Å². The predicted molar refractivity (Wildman–Crippen MR) is 63.9 cm³/mol. The van der Waals surface area contributed by atoms with E-state index in [1.807, 2.05) is 0 Å². The fraction of sp³-hybridized carbons (Fsp3) is 0.357. The van der Waals surface area contributed by atoms with E-state index < -0.39 is 28.9 Å². The van der Waals surface area contributed by atoms with E-state index in [0.717, 1.165) is 6.07 Å². The Kier molecular flexibility index (Phi) is 3.26. The van der Waals surface area contributed by atoms with Crippen LogP contribution in [-0.2, 0) is 11.8 Å². The van der Waals surface area contributed by atoms with E-state index in [2.05, 4.69) is 5.92 Å². The number of rotatable bonds is 3. The fourth-order valence-corrected chi connectivity index (χ4v) is 2.07. The summed E-state index contributed by atoms with van der Waals surface area (Å²) in [5.74, 6) is 0.254. The minimum absolute atomic E-state index is 0.199. The summed E-state index contributed by atoms with van der Waals surface area (Å²) in [6, 6.07) is 2.23. The fourth-order valence-electron chi connectivity index (χ4n) is 2.07. The first-order valence-corrected chi connectivity index (χ1v) is 5.84. The smallest absolute Gasteiger partial charge is 0.416 e. The number of hydrogen-bond donors (Lipinski definition) is 2. The van der Waals surface area contributed by atoms with Crippen LogP contribution in [-0.4, -0.2) is 16.2 Å². The molecule has 1 aromatic carbocycles. The average Bonchev–Trinajstić information content (AvgIpc) is 3.20. The SMILES string of the molecule is C#CC(O)(c1cc(C(=O)O)cc(C(F)(F)F)c1)C1CC1. The largest absolute Gasteiger partial charge is 0.478 e. The highest BCUT2D eigenvalue weighted by molar-refractivity contribution is 5.88. The van der Waals surface area contributed by atoms with Gasteiger partial charge in [0.1, 0.15) is 0 Å². The number of aromatic carboxylic acids is 1. The molecule has 0 saturated heterocycles. The van der Waals surface area contributed by atoms with Gasteiger partial charge in [0.05, 0.1) is 11.1 Å². The molecule has 2 rings (SSSR count). The van der Waals surface area contributed by atoms with Crippen LogP contribution in [0.25, 0.3) is 0 Å². The number of carboxylic acids is 1. The summed E-state index contributed by atoms with van der Waals surface area (Å²) >= 11 is 0. The normalized spacial score (nSPS) is 18.1. The maximum atomic E-state index is 12.8. The first kappa shape index (κ1) is 14.4. The summed E-state index contributed by atoms with van der Waals surface area (Å²) in [5.41, 5.74) is -3.74. The van der Waals surface area contributed by atoms with Crippen molar-refractivity contribution in [1.29, 1.82) is 0 Å². The molecule has 0 amide bonds. The molecule has 0 spiro atoms. The average molecular weight is 284 g/mol. The molecule has 1 aliphatic carbocycles. The molecule has 0 aromatic heterocycles. The van der Waals surface area contributed by atoms with Gasteiger partial charge < -0.3 is 10.2 Å². The van der Waals surface area contributed by atoms with Crippen molar-refractivity contribution in [3.8, 4) is 12.3 Å². The standard InChI is InChI=1S/C14H11F3O3/c1-2-13(20,9-3-4-9)10-5-8(12(18)19)6-11(7-10)14(15,16)17/h1,5-7,9,20H,3-4H2,(H,18,19). The Balaban J connectivity index is 2.61. The highest BCUT2D eigenvalue weighted by atomic mass is 19.4. The van der Waals surface area contributed by atoms with Gasteiger partial charge in [0.15, 0.2) is 5.60 Å². The van der Waals surface area contributed by atoms with E-state index in [1.54, 1.807) is 0 Å². The molecule has 2 N–H and O–H groups in total. The van der Waals surface area contributed by atoms with Crippen LogP contribution in [0.1, 0.15) is 34.3 Å². The lowest BCUT2D eigenvalue weighted by atomic mass is 9.87. The zero-order valence-electron chi connectivity index (χ0n) is 10.2. The number of aliphatic hydroxyl groups is 1. The molecule has 0 heterocycles. The maximum Gasteiger partial charge on any atom is 0.416 e. The summed E-state index contributed by atoms with van der Waals surface area (Å²) in [6.07, 6.45) is 1.72.